The monoisotopic (exact) mass is 269 g/mol. The van der Waals surface area contributed by atoms with E-state index in [2.05, 4.69) is 9.89 Å². The van der Waals surface area contributed by atoms with Crippen LogP contribution in [0.5, 0.6) is 0 Å². The lowest BCUT2D eigenvalue weighted by atomic mass is 10.1. The highest BCUT2D eigenvalue weighted by Crippen LogP contribution is 2.29. The lowest BCUT2D eigenvalue weighted by molar-refractivity contribution is -0.132. The van der Waals surface area contributed by atoms with E-state index >= 15 is 0 Å². The number of nitrogens with zero attached hydrogens (tertiary/aromatic N) is 1. The van der Waals surface area contributed by atoms with Crippen LogP contribution in [0.25, 0.3) is 10.1 Å². The Morgan fingerprint density at radius 2 is 2.29 bits per heavy atom. The van der Waals surface area contributed by atoms with Crippen LogP contribution in [0.2, 0.25) is 5.02 Å². The number of ether oxygens (including phenoxy) is 1. The minimum Gasteiger partial charge on any atom is -0.464 e. The molecule has 88 valence electrons. The molecular weight excluding hydrogens is 262 g/mol. The molecule has 0 spiro atoms. The quantitative estimate of drug-likeness (QED) is 0.395. The second kappa shape index (κ2) is 4.73. The molecular formula is C11H8ClNO3S. The molecule has 0 radical (unpaired) electrons. The van der Waals surface area contributed by atoms with Gasteiger partial charge in [-0.3, -0.25) is 0 Å². The van der Waals surface area contributed by atoms with Gasteiger partial charge in [0.05, 0.1) is 7.11 Å². The Morgan fingerprint density at radius 1 is 1.53 bits per heavy atom. The Labute approximate surface area is 106 Å². The molecule has 0 unspecified atom stereocenters. The van der Waals surface area contributed by atoms with Crippen LogP contribution >= 0.6 is 22.9 Å². The molecule has 0 saturated heterocycles. The summed E-state index contributed by atoms with van der Waals surface area (Å²) >= 11 is 7.33. The maximum atomic E-state index is 11.4. The normalized spacial score (nSPS) is 11.8. The smallest absolute Gasteiger partial charge is 0.360 e. The number of rotatable bonds is 2. The van der Waals surface area contributed by atoms with E-state index in [1.54, 1.807) is 17.5 Å². The lowest BCUT2D eigenvalue weighted by Gasteiger charge is -2.01. The molecule has 0 saturated carbocycles. The van der Waals surface area contributed by atoms with Gasteiger partial charge >= 0.3 is 5.97 Å². The molecule has 1 N–H and O–H groups in total. The molecule has 0 aliphatic carbocycles. The molecule has 6 heteroatoms. The summed E-state index contributed by atoms with van der Waals surface area (Å²) in [6.45, 7) is 0. The molecule has 0 atom stereocenters. The van der Waals surface area contributed by atoms with Gasteiger partial charge in [0.1, 0.15) is 0 Å². The molecule has 0 fully saturated rings. The third-order valence-electron chi connectivity index (χ3n) is 2.27. The lowest BCUT2D eigenvalue weighted by Crippen LogP contribution is -2.16. The van der Waals surface area contributed by atoms with E-state index in [4.69, 9.17) is 16.8 Å². The molecule has 17 heavy (non-hydrogen) atoms. The van der Waals surface area contributed by atoms with Gasteiger partial charge in [-0.25, -0.2) is 4.79 Å². The van der Waals surface area contributed by atoms with Crippen LogP contribution in [0.15, 0.2) is 28.7 Å². The van der Waals surface area contributed by atoms with E-state index in [-0.39, 0.29) is 5.71 Å². The average Bonchev–Trinajstić information content (AvgIpc) is 2.73. The third-order valence-corrected chi connectivity index (χ3v) is 3.47. The van der Waals surface area contributed by atoms with Gasteiger partial charge in [-0.05, 0) is 18.2 Å². The molecule has 4 nitrogen and oxygen atoms in total. The standard InChI is InChI=1S/C11H8ClNO3S/c1-16-11(14)10(13-15)8-5-17-9-3-2-6(12)4-7(8)9/h2-5,15H,1H3. The van der Waals surface area contributed by atoms with Crippen LogP contribution in [0.3, 0.4) is 0 Å². The van der Waals surface area contributed by atoms with E-state index < -0.39 is 5.97 Å². The highest BCUT2D eigenvalue weighted by atomic mass is 35.5. The number of hydrogen-bond donors (Lipinski definition) is 1. The Morgan fingerprint density at radius 3 is 2.94 bits per heavy atom. The van der Waals surface area contributed by atoms with Crippen LogP contribution < -0.4 is 0 Å². The van der Waals surface area contributed by atoms with Gasteiger partial charge in [0, 0.05) is 26.1 Å². The molecule has 2 aromatic rings. The number of esters is 1. The summed E-state index contributed by atoms with van der Waals surface area (Å²) in [6.07, 6.45) is 0. The van der Waals surface area contributed by atoms with Crippen LogP contribution in [0, 0.1) is 0 Å². The Balaban J connectivity index is 2.62. The first kappa shape index (κ1) is 11.9. The zero-order valence-electron chi connectivity index (χ0n) is 8.81. The summed E-state index contributed by atoms with van der Waals surface area (Å²) in [5, 5.41) is 14.9. The predicted molar refractivity (Wildman–Crippen MR) is 67.2 cm³/mol. The Bertz CT molecular complexity index is 606. The summed E-state index contributed by atoms with van der Waals surface area (Å²) in [5.74, 6) is -0.688. The summed E-state index contributed by atoms with van der Waals surface area (Å²) in [7, 11) is 1.23. The summed E-state index contributed by atoms with van der Waals surface area (Å²) < 4.78 is 5.50. The zero-order valence-corrected chi connectivity index (χ0v) is 10.4. The molecule has 1 heterocycles. The fraction of sp³-hybridized carbons (Fsp3) is 0.0909. The van der Waals surface area contributed by atoms with E-state index in [0.29, 0.717) is 10.6 Å². The average molecular weight is 270 g/mol. The number of thiophene rings is 1. The highest BCUT2D eigenvalue weighted by Gasteiger charge is 2.19. The molecule has 1 aromatic carbocycles. The Kier molecular flexibility index (Phi) is 3.31. The second-order valence-electron chi connectivity index (χ2n) is 3.23. The van der Waals surface area contributed by atoms with Crippen molar-refractivity contribution in [2.45, 2.75) is 0 Å². The summed E-state index contributed by atoms with van der Waals surface area (Å²) in [6, 6.07) is 5.33. The molecule has 0 aliphatic rings. The number of methoxy groups -OCH3 is 1. The first-order valence-corrected chi connectivity index (χ1v) is 5.90. The van der Waals surface area contributed by atoms with E-state index in [1.165, 1.54) is 18.4 Å². The van der Waals surface area contributed by atoms with Crippen LogP contribution in [-0.2, 0) is 9.53 Å². The maximum absolute atomic E-state index is 11.4. The first-order valence-electron chi connectivity index (χ1n) is 4.65. The highest BCUT2D eigenvalue weighted by molar-refractivity contribution is 7.17. The topological polar surface area (TPSA) is 58.9 Å². The van der Waals surface area contributed by atoms with E-state index in [9.17, 15) is 4.79 Å². The van der Waals surface area contributed by atoms with Crippen molar-refractivity contribution in [2.24, 2.45) is 5.16 Å². The molecule has 2 rings (SSSR count). The summed E-state index contributed by atoms with van der Waals surface area (Å²) in [4.78, 5) is 11.4. The number of carbonyl (C=O) groups is 1. The van der Waals surface area contributed by atoms with Crippen molar-refractivity contribution in [3.8, 4) is 0 Å². The minimum absolute atomic E-state index is 0.124. The van der Waals surface area contributed by atoms with Gasteiger partial charge in [-0.2, -0.15) is 0 Å². The Hall–Kier alpha value is -1.59. The largest absolute Gasteiger partial charge is 0.464 e. The van der Waals surface area contributed by atoms with E-state index in [1.807, 2.05) is 6.07 Å². The minimum atomic E-state index is -0.688. The van der Waals surface area contributed by atoms with Crippen molar-refractivity contribution in [1.29, 1.82) is 0 Å². The fourth-order valence-electron chi connectivity index (χ4n) is 1.49. The number of benzene rings is 1. The van der Waals surface area contributed by atoms with Crippen molar-refractivity contribution < 1.29 is 14.7 Å². The van der Waals surface area contributed by atoms with Crippen LogP contribution in [-0.4, -0.2) is 24.0 Å². The third kappa shape index (κ3) is 2.11. The van der Waals surface area contributed by atoms with Gasteiger partial charge < -0.3 is 9.94 Å². The van der Waals surface area contributed by atoms with Crippen molar-refractivity contribution in [3.05, 3.63) is 34.2 Å². The number of fused-ring (bicyclic) bond motifs is 1. The van der Waals surface area contributed by atoms with Crippen molar-refractivity contribution in [1.82, 2.24) is 0 Å². The zero-order chi connectivity index (χ0) is 12.4. The predicted octanol–water partition coefficient (Wildman–Crippen LogP) is 2.91. The number of carbonyl (C=O) groups excluding carboxylic acids is 1. The SMILES string of the molecule is COC(=O)C(=NO)c1csc2ccc(Cl)cc12. The molecule has 0 bridgehead atoms. The van der Waals surface area contributed by atoms with Crippen molar-refractivity contribution in [3.63, 3.8) is 0 Å². The fourth-order valence-corrected chi connectivity index (χ4v) is 2.58. The number of hydrogen-bond acceptors (Lipinski definition) is 5. The van der Waals surface area contributed by atoms with Gasteiger partial charge in [0.2, 0.25) is 0 Å². The number of halogens is 1. The van der Waals surface area contributed by atoms with Gasteiger partial charge in [0.15, 0.2) is 5.71 Å². The first-order chi connectivity index (χ1) is 8.17. The molecule has 0 aliphatic heterocycles. The van der Waals surface area contributed by atoms with Crippen LogP contribution in [0.4, 0.5) is 0 Å². The maximum Gasteiger partial charge on any atom is 0.360 e. The second-order valence-corrected chi connectivity index (χ2v) is 4.58. The van der Waals surface area contributed by atoms with Crippen molar-refractivity contribution in [2.75, 3.05) is 7.11 Å². The van der Waals surface area contributed by atoms with Gasteiger partial charge in [0.25, 0.3) is 0 Å². The molecule has 1 aromatic heterocycles. The van der Waals surface area contributed by atoms with E-state index in [0.717, 1.165) is 10.1 Å². The van der Waals surface area contributed by atoms with Crippen molar-refractivity contribution >= 4 is 44.7 Å². The number of oxime groups is 1. The van der Waals surface area contributed by atoms with Gasteiger partial charge in [-0.1, -0.05) is 16.8 Å². The van der Waals surface area contributed by atoms with Gasteiger partial charge in [-0.15, -0.1) is 11.3 Å². The van der Waals surface area contributed by atoms with Crippen LogP contribution in [0.1, 0.15) is 5.56 Å². The summed E-state index contributed by atoms with van der Waals surface area (Å²) in [5.41, 5.74) is 0.392. The molecule has 0 amide bonds.